The van der Waals surface area contributed by atoms with E-state index < -0.39 is 38.1 Å². The highest BCUT2D eigenvalue weighted by molar-refractivity contribution is 7.92. The summed E-state index contributed by atoms with van der Waals surface area (Å²) in [7, 11) is -4.40. The quantitative estimate of drug-likeness (QED) is 0.263. The number of nitrogens with one attached hydrogen (secondary N) is 1. The summed E-state index contributed by atoms with van der Waals surface area (Å²) in [5, 5.41) is 9.93. The molecule has 40 heavy (non-hydrogen) atoms. The topological polar surface area (TPSA) is 176 Å². The van der Waals surface area contributed by atoms with Gasteiger partial charge in [0.25, 0.3) is 16.6 Å². The van der Waals surface area contributed by atoms with E-state index in [2.05, 4.69) is 15.5 Å². The maximum Gasteiger partial charge on any atom is 0.264 e. The SMILES string of the molecule is CC(=O)c1ccc(NC(=O)CS(=O)(=O)c2nnc3n(Cc4ccccc4)c(=O)c4c(C)c(C(N)=O)sc4n23)cc1. The highest BCUT2D eigenvalue weighted by Gasteiger charge is 2.30. The number of nitrogens with two attached hydrogens (primary N) is 1. The van der Waals surface area contributed by atoms with E-state index in [1.165, 1.54) is 40.2 Å². The van der Waals surface area contributed by atoms with Crippen LogP contribution in [0, 0.1) is 6.92 Å². The van der Waals surface area contributed by atoms with Crippen LogP contribution in [0.3, 0.4) is 0 Å². The van der Waals surface area contributed by atoms with Gasteiger partial charge in [-0.15, -0.1) is 21.5 Å². The lowest BCUT2D eigenvalue weighted by molar-refractivity contribution is -0.113. The smallest absolute Gasteiger partial charge is 0.264 e. The second kappa shape index (κ2) is 10.1. The van der Waals surface area contributed by atoms with Gasteiger partial charge < -0.3 is 11.1 Å². The minimum atomic E-state index is -4.40. The summed E-state index contributed by atoms with van der Waals surface area (Å²) in [6, 6.07) is 15.0. The molecule has 0 saturated heterocycles. The number of thiophene rings is 1. The molecule has 0 spiro atoms. The normalized spacial score (nSPS) is 11.7. The molecule has 0 aliphatic carbocycles. The Hall–Kier alpha value is -4.69. The van der Waals surface area contributed by atoms with E-state index in [0.29, 0.717) is 16.8 Å². The van der Waals surface area contributed by atoms with E-state index in [1.54, 1.807) is 31.2 Å². The monoisotopic (exact) mass is 578 g/mol. The standard InChI is InChI=1S/C26H22N6O6S2/c1-14-20-23(36)31(12-16-6-4-3-5-7-16)25-29-30-26(32(25)24(20)39-21(14)22(27)35)40(37,38)13-19(34)28-18-10-8-17(9-11-18)15(2)33/h3-11H,12-13H2,1-2H3,(H2,27,35)(H,28,34). The molecule has 0 radical (unpaired) electrons. The Morgan fingerprint density at radius 3 is 2.33 bits per heavy atom. The summed E-state index contributed by atoms with van der Waals surface area (Å²) in [5.74, 6) is -2.82. The number of aryl methyl sites for hydroxylation is 1. The minimum absolute atomic E-state index is 0.0508. The van der Waals surface area contributed by atoms with Gasteiger partial charge in [0.2, 0.25) is 21.5 Å². The number of ketones is 1. The van der Waals surface area contributed by atoms with Crippen LogP contribution < -0.4 is 16.6 Å². The number of Topliss-reactive ketones (excluding diaryl/α,β-unsaturated/α-hetero) is 1. The van der Waals surface area contributed by atoms with Crippen molar-refractivity contribution in [1.82, 2.24) is 19.2 Å². The number of carbonyl (C=O) groups excluding carboxylic acids is 3. The second-order valence-corrected chi connectivity index (χ2v) is 11.9. The molecular weight excluding hydrogens is 556 g/mol. The summed E-state index contributed by atoms with van der Waals surface area (Å²) in [5.41, 5.74) is 6.84. The fourth-order valence-corrected chi connectivity index (χ4v) is 6.69. The zero-order valence-corrected chi connectivity index (χ0v) is 22.9. The zero-order valence-electron chi connectivity index (χ0n) is 21.2. The molecule has 0 bridgehead atoms. The Labute approximate surface area is 231 Å². The Morgan fingerprint density at radius 2 is 1.70 bits per heavy atom. The van der Waals surface area contributed by atoms with Gasteiger partial charge in [-0.05, 0) is 49.2 Å². The Morgan fingerprint density at radius 1 is 1.02 bits per heavy atom. The maximum absolute atomic E-state index is 13.6. The summed E-state index contributed by atoms with van der Waals surface area (Å²) in [6.45, 7) is 3.01. The Kier molecular flexibility index (Phi) is 6.81. The van der Waals surface area contributed by atoms with Crippen LogP contribution in [0.1, 0.15) is 38.1 Å². The van der Waals surface area contributed by atoms with Crippen LogP contribution in [0.25, 0.3) is 16.0 Å². The lowest BCUT2D eigenvalue weighted by atomic mass is 10.1. The molecule has 0 saturated carbocycles. The van der Waals surface area contributed by atoms with Gasteiger partial charge in [-0.1, -0.05) is 30.3 Å². The molecule has 3 heterocycles. The summed E-state index contributed by atoms with van der Waals surface area (Å²) in [6.07, 6.45) is 0. The average Bonchev–Trinajstić information content (AvgIpc) is 3.49. The van der Waals surface area contributed by atoms with Crippen molar-refractivity contribution < 1.29 is 22.8 Å². The van der Waals surface area contributed by atoms with E-state index in [1.807, 2.05) is 6.07 Å². The van der Waals surface area contributed by atoms with E-state index in [-0.39, 0.29) is 33.2 Å². The van der Waals surface area contributed by atoms with Crippen molar-refractivity contribution in [3.63, 3.8) is 0 Å². The number of carbonyl (C=O) groups is 3. The molecule has 204 valence electrons. The predicted octanol–water partition coefficient (Wildman–Crippen LogP) is 2.18. The lowest BCUT2D eigenvalue weighted by Gasteiger charge is -2.10. The van der Waals surface area contributed by atoms with Crippen LogP contribution in [0.15, 0.2) is 64.5 Å². The lowest BCUT2D eigenvalue weighted by Crippen LogP contribution is -2.26. The Bertz CT molecular complexity index is 1990. The van der Waals surface area contributed by atoms with Crippen molar-refractivity contribution in [3.05, 3.63) is 86.5 Å². The Balaban J connectivity index is 1.62. The molecule has 5 aromatic rings. The summed E-state index contributed by atoms with van der Waals surface area (Å²) < 4.78 is 29.4. The number of sulfone groups is 1. The molecule has 3 N–H and O–H groups in total. The van der Waals surface area contributed by atoms with E-state index in [9.17, 15) is 27.6 Å². The number of aromatic nitrogens is 4. The molecule has 0 unspecified atom stereocenters. The number of nitrogens with zero attached hydrogens (tertiary/aromatic N) is 4. The fraction of sp³-hybridized carbons (Fsp3) is 0.154. The summed E-state index contributed by atoms with van der Waals surface area (Å²) in [4.78, 5) is 50.1. The number of rotatable bonds is 8. The molecule has 14 heteroatoms. The van der Waals surface area contributed by atoms with Gasteiger partial charge in [0, 0.05) is 11.3 Å². The second-order valence-electron chi connectivity index (χ2n) is 9.04. The van der Waals surface area contributed by atoms with Gasteiger partial charge in [-0.3, -0.25) is 23.7 Å². The van der Waals surface area contributed by atoms with Crippen molar-refractivity contribution in [2.24, 2.45) is 5.73 Å². The third kappa shape index (κ3) is 4.78. The first kappa shape index (κ1) is 26.9. The first-order chi connectivity index (χ1) is 19.0. The van der Waals surface area contributed by atoms with Crippen LogP contribution in [0.5, 0.6) is 0 Å². The van der Waals surface area contributed by atoms with Crippen LogP contribution in [0.4, 0.5) is 5.69 Å². The van der Waals surface area contributed by atoms with Crippen molar-refractivity contribution >= 4 is 60.5 Å². The number of hydrogen-bond acceptors (Lipinski definition) is 9. The van der Waals surface area contributed by atoms with Crippen molar-refractivity contribution in [2.45, 2.75) is 25.5 Å². The summed E-state index contributed by atoms with van der Waals surface area (Å²) >= 11 is 0.853. The predicted molar refractivity (Wildman–Crippen MR) is 149 cm³/mol. The van der Waals surface area contributed by atoms with E-state index >= 15 is 0 Å². The molecule has 2 aromatic carbocycles. The van der Waals surface area contributed by atoms with Gasteiger partial charge in [-0.2, -0.15) is 0 Å². The van der Waals surface area contributed by atoms with Gasteiger partial charge >= 0.3 is 0 Å². The number of hydrogen-bond donors (Lipinski definition) is 2. The zero-order chi connectivity index (χ0) is 28.8. The minimum Gasteiger partial charge on any atom is -0.365 e. The molecule has 0 aliphatic rings. The van der Waals surface area contributed by atoms with Crippen LogP contribution in [-0.2, 0) is 21.2 Å². The molecule has 0 atom stereocenters. The maximum atomic E-state index is 13.6. The van der Waals surface area contributed by atoms with Gasteiger partial charge in [0.1, 0.15) is 10.6 Å². The highest BCUT2D eigenvalue weighted by atomic mass is 32.2. The number of anilines is 1. The molecular formula is C26H22N6O6S2. The highest BCUT2D eigenvalue weighted by Crippen LogP contribution is 2.30. The number of fused-ring (bicyclic) bond motifs is 3. The van der Waals surface area contributed by atoms with Crippen LogP contribution >= 0.6 is 11.3 Å². The first-order valence-corrected chi connectivity index (χ1v) is 14.3. The molecule has 3 aromatic heterocycles. The van der Waals surface area contributed by atoms with Crippen LogP contribution in [-0.4, -0.2) is 50.9 Å². The molecule has 0 fully saturated rings. The first-order valence-electron chi connectivity index (χ1n) is 11.9. The number of primary amides is 1. The largest absolute Gasteiger partial charge is 0.365 e. The average molecular weight is 579 g/mol. The third-order valence-electron chi connectivity index (χ3n) is 6.23. The van der Waals surface area contributed by atoms with Gasteiger partial charge in [0.05, 0.1) is 16.8 Å². The fourth-order valence-electron chi connectivity index (χ4n) is 4.32. The van der Waals surface area contributed by atoms with Crippen molar-refractivity contribution in [2.75, 3.05) is 11.1 Å². The van der Waals surface area contributed by atoms with Crippen LogP contribution in [0.2, 0.25) is 0 Å². The third-order valence-corrected chi connectivity index (χ3v) is 8.98. The molecule has 2 amide bonds. The van der Waals surface area contributed by atoms with Crippen molar-refractivity contribution in [3.8, 4) is 0 Å². The van der Waals surface area contributed by atoms with E-state index in [4.69, 9.17) is 5.73 Å². The van der Waals surface area contributed by atoms with Crippen molar-refractivity contribution in [1.29, 1.82) is 0 Å². The van der Waals surface area contributed by atoms with Gasteiger partial charge in [-0.25, -0.2) is 12.8 Å². The molecule has 5 rings (SSSR count). The number of amides is 2. The van der Waals surface area contributed by atoms with E-state index in [0.717, 1.165) is 16.9 Å². The molecule has 0 aliphatic heterocycles. The molecule has 12 nitrogen and oxygen atoms in total. The number of benzene rings is 2. The van der Waals surface area contributed by atoms with Gasteiger partial charge in [0.15, 0.2) is 5.78 Å².